The molecule has 0 saturated carbocycles. The number of hydrogen-bond acceptors (Lipinski definition) is 5. The van der Waals surface area contributed by atoms with E-state index in [0.29, 0.717) is 0 Å². The fraction of sp³-hybridized carbons (Fsp3) is 0.300. The molecule has 17 heavy (non-hydrogen) atoms. The van der Waals surface area contributed by atoms with E-state index in [2.05, 4.69) is 0 Å². The first-order valence-electron chi connectivity index (χ1n) is 5.00. The fourth-order valence-electron chi connectivity index (χ4n) is 1.64. The minimum absolute atomic E-state index is 0.0233. The number of likely N-dealkylation sites (tertiary alicyclic amines) is 1. The lowest BCUT2D eigenvalue weighted by Crippen LogP contribution is -2.53. The topological polar surface area (TPSA) is 110 Å². The van der Waals surface area contributed by atoms with Crippen molar-refractivity contribution in [1.82, 2.24) is 4.90 Å². The molecule has 0 aromatic heterocycles. The minimum atomic E-state index is -0.628. The van der Waals surface area contributed by atoms with Crippen LogP contribution in [0.1, 0.15) is 10.4 Å². The SMILES string of the molecule is Nc1ccc(C(=O)N2CC(O)C2)cc1[N+](=O)[O-]. The molecule has 1 aromatic carbocycles. The van der Waals surface area contributed by atoms with Crippen LogP contribution in [-0.4, -0.2) is 40.0 Å². The monoisotopic (exact) mass is 237 g/mol. The van der Waals surface area contributed by atoms with Gasteiger partial charge in [-0.2, -0.15) is 0 Å². The van der Waals surface area contributed by atoms with E-state index >= 15 is 0 Å². The Morgan fingerprint density at radius 1 is 1.53 bits per heavy atom. The van der Waals surface area contributed by atoms with Gasteiger partial charge in [0.05, 0.1) is 11.0 Å². The number of aliphatic hydroxyl groups excluding tert-OH is 1. The minimum Gasteiger partial charge on any atom is -0.393 e. The molecule has 7 nitrogen and oxygen atoms in total. The van der Waals surface area contributed by atoms with Crippen LogP contribution >= 0.6 is 0 Å². The molecule has 1 fully saturated rings. The van der Waals surface area contributed by atoms with Crippen molar-refractivity contribution in [2.75, 3.05) is 18.8 Å². The molecule has 0 unspecified atom stereocenters. The Morgan fingerprint density at radius 2 is 2.18 bits per heavy atom. The van der Waals surface area contributed by atoms with E-state index in [1.165, 1.54) is 17.0 Å². The van der Waals surface area contributed by atoms with Gasteiger partial charge in [0.15, 0.2) is 0 Å². The van der Waals surface area contributed by atoms with Crippen LogP contribution in [0.4, 0.5) is 11.4 Å². The molecule has 0 atom stereocenters. The summed E-state index contributed by atoms with van der Waals surface area (Å²) in [6, 6.07) is 3.93. The summed E-state index contributed by atoms with van der Waals surface area (Å²) >= 11 is 0. The van der Waals surface area contributed by atoms with Crippen LogP contribution in [0, 0.1) is 10.1 Å². The van der Waals surface area contributed by atoms with Gasteiger partial charge in [0.2, 0.25) is 0 Å². The van der Waals surface area contributed by atoms with Crippen molar-refractivity contribution in [3.63, 3.8) is 0 Å². The predicted octanol–water partition coefficient (Wildman–Crippen LogP) is -0.00630. The molecule has 1 aromatic rings. The lowest BCUT2D eigenvalue weighted by atomic mass is 10.1. The van der Waals surface area contributed by atoms with Crippen molar-refractivity contribution in [1.29, 1.82) is 0 Å². The van der Waals surface area contributed by atoms with Crippen molar-refractivity contribution in [3.8, 4) is 0 Å². The first kappa shape index (κ1) is 11.3. The lowest BCUT2D eigenvalue weighted by Gasteiger charge is -2.35. The zero-order chi connectivity index (χ0) is 12.6. The second kappa shape index (κ2) is 4.02. The summed E-state index contributed by atoms with van der Waals surface area (Å²) in [4.78, 5) is 23.3. The molecule has 1 saturated heterocycles. The number of nitrogens with two attached hydrogens (primary N) is 1. The van der Waals surface area contributed by atoms with Gasteiger partial charge < -0.3 is 15.7 Å². The highest BCUT2D eigenvalue weighted by atomic mass is 16.6. The maximum Gasteiger partial charge on any atom is 0.292 e. The Balaban J connectivity index is 2.24. The van der Waals surface area contributed by atoms with E-state index in [4.69, 9.17) is 10.8 Å². The number of nitro benzene ring substituents is 1. The molecule has 3 N–H and O–H groups in total. The van der Waals surface area contributed by atoms with Crippen molar-refractivity contribution >= 4 is 17.3 Å². The summed E-state index contributed by atoms with van der Waals surface area (Å²) in [7, 11) is 0. The van der Waals surface area contributed by atoms with Gasteiger partial charge in [-0.05, 0) is 12.1 Å². The molecule has 1 aliphatic heterocycles. The second-order valence-electron chi connectivity index (χ2n) is 3.89. The number of nitrogen functional groups attached to an aromatic ring is 1. The number of rotatable bonds is 2. The summed E-state index contributed by atoms with van der Waals surface area (Å²) < 4.78 is 0. The van der Waals surface area contributed by atoms with Gasteiger partial charge >= 0.3 is 0 Å². The number of hydrogen-bond donors (Lipinski definition) is 2. The van der Waals surface area contributed by atoms with Crippen LogP contribution < -0.4 is 5.73 Å². The molecular formula is C10H11N3O4. The predicted molar refractivity (Wildman–Crippen MR) is 59.4 cm³/mol. The van der Waals surface area contributed by atoms with Crippen LogP contribution in [0.25, 0.3) is 0 Å². The molecule has 1 heterocycles. The van der Waals surface area contributed by atoms with Gasteiger partial charge in [0.25, 0.3) is 11.6 Å². The number of benzene rings is 1. The zero-order valence-electron chi connectivity index (χ0n) is 8.87. The molecule has 0 spiro atoms. The highest BCUT2D eigenvalue weighted by molar-refractivity contribution is 5.96. The number of β-amino-alcohol motifs (C(OH)–C–C–N with tert-alkyl or cyclic N) is 1. The average Bonchev–Trinajstić information content (AvgIpc) is 2.24. The standard InChI is InChI=1S/C10H11N3O4/c11-8-2-1-6(3-9(8)13(16)17)10(15)12-4-7(14)5-12/h1-3,7,14H,4-5,11H2. The van der Waals surface area contributed by atoms with Crippen molar-refractivity contribution < 1.29 is 14.8 Å². The van der Waals surface area contributed by atoms with E-state index in [0.717, 1.165) is 6.07 Å². The Bertz CT molecular complexity index is 482. The van der Waals surface area contributed by atoms with Crippen LogP contribution in [0.15, 0.2) is 18.2 Å². The van der Waals surface area contributed by atoms with Gasteiger partial charge in [-0.3, -0.25) is 14.9 Å². The number of nitro groups is 1. The van der Waals surface area contributed by atoms with E-state index < -0.39 is 11.0 Å². The lowest BCUT2D eigenvalue weighted by molar-refractivity contribution is -0.383. The number of amides is 1. The van der Waals surface area contributed by atoms with Crippen molar-refractivity contribution in [3.05, 3.63) is 33.9 Å². The Labute approximate surface area is 96.6 Å². The summed E-state index contributed by atoms with van der Waals surface area (Å²) in [6.45, 7) is 0.522. The molecule has 1 amide bonds. The molecule has 0 bridgehead atoms. The summed E-state index contributed by atoms with van der Waals surface area (Å²) in [6.07, 6.45) is -0.497. The van der Waals surface area contributed by atoms with Crippen LogP contribution in [-0.2, 0) is 0 Å². The van der Waals surface area contributed by atoms with Crippen molar-refractivity contribution in [2.24, 2.45) is 0 Å². The van der Waals surface area contributed by atoms with Gasteiger partial charge in [-0.1, -0.05) is 0 Å². The first-order chi connectivity index (χ1) is 7.99. The van der Waals surface area contributed by atoms with E-state index in [1.54, 1.807) is 0 Å². The summed E-state index contributed by atoms with van der Waals surface area (Å²) in [5.74, 6) is -0.335. The van der Waals surface area contributed by atoms with E-state index in [9.17, 15) is 14.9 Å². The molecule has 0 aliphatic carbocycles. The van der Waals surface area contributed by atoms with Gasteiger partial charge in [-0.25, -0.2) is 0 Å². The van der Waals surface area contributed by atoms with Crippen LogP contribution in [0.3, 0.4) is 0 Å². The van der Waals surface area contributed by atoms with Crippen LogP contribution in [0.5, 0.6) is 0 Å². The maximum atomic E-state index is 11.8. The highest BCUT2D eigenvalue weighted by Gasteiger charge is 2.30. The number of aliphatic hydroxyl groups is 1. The van der Waals surface area contributed by atoms with Gasteiger partial charge in [0, 0.05) is 24.7 Å². The fourth-order valence-corrected chi connectivity index (χ4v) is 1.64. The second-order valence-corrected chi connectivity index (χ2v) is 3.89. The summed E-state index contributed by atoms with van der Waals surface area (Å²) in [5.41, 5.74) is 5.38. The Hall–Kier alpha value is -2.15. The van der Waals surface area contributed by atoms with Crippen molar-refractivity contribution in [2.45, 2.75) is 6.10 Å². The normalized spacial score (nSPS) is 15.5. The third-order valence-electron chi connectivity index (χ3n) is 2.62. The van der Waals surface area contributed by atoms with Gasteiger partial charge in [0.1, 0.15) is 5.69 Å². The quantitative estimate of drug-likeness (QED) is 0.427. The molecule has 0 radical (unpaired) electrons. The Morgan fingerprint density at radius 3 is 2.71 bits per heavy atom. The third kappa shape index (κ3) is 2.04. The van der Waals surface area contributed by atoms with E-state index in [1.807, 2.05) is 0 Å². The molecule has 2 rings (SSSR count). The maximum absolute atomic E-state index is 11.8. The number of anilines is 1. The Kier molecular flexibility index (Phi) is 2.68. The van der Waals surface area contributed by atoms with Crippen LogP contribution in [0.2, 0.25) is 0 Å². The average molecular weight is 237 g/mol. The van der Waals surface area contributed by atoms with E-state index in [-0.39, 0.29) is 35.9 Å². The third-order valence-corrected chi connectivity index (χ3v) is 2.62. The molecular weight excluding hydrogens is 226 g/mol. The van der Waals surface area contributed by atoms with Gasteiger partial charge in [-0.15, -0.1) is 0 Å². The number of carbonyl (C=O) groups is 1. The molecule has 90 valence electrons. The largest absolute Gasteiger partial charge is 0.393 e. The smallest absolute Gasteiger partial charge is 0.292 e. The highest BCUT2D eigenvalue weighted by Crippen LogP contribution is 2.24. The number of carbonyl (C=O) groups excluding carboxylic acids is 1. The number of nitrogens with zero attached hydrogens (tertiary/aromatic N) is 2. The zero-order valence-corrected chi connectivity index (χ0v) is 8.87. The molecule has 7 heteroatoms. The first-order valence-corrected chi connectivity index (χ1v) is 5.00. The summed E-state index contributed by atoms with van der Waals surface area (Å²) in [5, 5.41) is 19.7. The molecule has 1 aliphatic rings.